The van der Waals surface area contributed by atoms with Crippen LogP contribution in [0.1, 0.15) is 0 Å². The molecule has 0 bridgehead atoms. The van der Waals surface area contributed by atoms with Gasteiger partial charge in [0.1, 0.15) is 0 Å². The molecule has 148 valence electrons. The van der Waals surface area contributed by atoms with E-state index in [9.17, 15) is 4.79 Å². The molecule has 30 heavy (non-hydrogen) atoms. The smallest absolute Gasteiger partial charge is 0.234 e. The standard InChI is InChI=1S/C24H18ClN3OS/c25-19-11-13-20(14-12-19)26-23(29)16-30-24-27-21(17-7-3-1-4-8-17)15-22(28-24)18-9-5-2-6-10-18/h1-15H,16H2,(H,26,29). The van der Waals surface area contributed by atoms with E-state index in [1.807, 2.05) is 66.7 Å². The maximum absolute atomic E-state index is 12.4. The van der Waals surface area contributed by atoms with E-state index in [4.69, 9.17) is 11.6 Å². The third kappa shape index (κ3) is 5.26. The van der Waals surface area contributed by atoms with Gasteiger partial charge in [-0.3, -0.25) is 4.79 Å². The number of nitrogens with one attached hydrogen (secondary N) is 1. The van der Waals surface area contributed by atoms with Gasteiger partial charge in [0.25, 0.3) is 0 Å². The number of thioether (sulfide) groups is 1. The lowest BCUT2D eigenvalue weighted by Gasteiger charge is -2.09. The van der Waals surface area contributed by atoms with Crippen LogP contribution in [0.25, 0.3) is 22.5 Å². The lowest BCUT2D eigenvalue weighted by atomic mass is 10.1. The predicted octanol–water partition coefficient (Wildman–Crippen LogP) is 6.19. The Kier molecular flexibility index (Phi) is 6.42. The Morgan fingerprint density at radius 1 is 0.800 bits per heavy atom. The number of anilines is 1. The van der Waals surface area contributed by atoms with Crippen LogP contribution in [-0.4, -0.2) is 21.6 Å². The van der Waals surface area contributed by atoms with Crippen molar-refractivity contribution in [3.8, 4) is 22.5 Å². The molecule has 0 spiro atoms. The van der Waals surface area contributed by atoms with Crippen LogP contribution in [0.2, 0.25) is 5.02 Å². The average Bonchev–Trinajstić information content (AvgIpc) is 2.80. The summed E-state index contributed by atoms with van der Waals surface area (Å²) in [5.74, 6) is 0.0760. The van der Waals surface area contributed by atoms with Gasteiger partial charge in [-0.05, 0) is 30.3 Å². The molecule has 4 rings (SSSR count). The Morgan fingerprint density at radius 3 is 1.87 bits per heavy atom. The molecule has 1 N–H and O–H groups in total. The van der Waals surface area contributed by atoms with Crippen molar-refractivity contribution in [2.24, 2.45) is 0 Å². The van der Waals surface area contributed by atoms with Gasteiger partial charge in [0.2, 0.25) is 5.91 Å². The number of benzene rings is 3. The van der Waals surface area contributed by atoms with Crippen LogP contribution >= 0.6 is 23.4 Å². The molecule has 6 heteroatoms. The van der Waals surface area contributed by atoms with Gasteiger partial charge >= 0.3 is 0 Å². The topological polar surface area (TPSA) is 54.9 Å². The first kappa shape index (κ1) is 20.1. The number of hydrogen-bond donors (Lipinski definition) is 1. The fraction of sp³-hybridized carbons (Fsp3) is 0.0417. The van der Waals surface area contributed by atoms with Crippen molar-refractivity contribution in [1.29, 1.82) is 0 Å². The van der Waals surface area contributed by atoms with Gasteiger partial charge in [0.05, 0.1) is 17.1 Å². The summed E-state index contributed by atoms with van der Waals surface area (Å²) in [6.45, 7) is 0. The molecule has 0 saturated carbocycles. The molecule has 0 radical (unpaired) electrons. The molecule has 1 amide bonds. The van der Waals surface area contributed by atoms with Gasteiger partial charge in [0.15, 0.2) is 5.16 Å². The number of hydrogen-bond acceptors (Lipinski definition) is 4. The quantitative estimate of drug-likeness (QED) is 0.292. The fourth-order valence-electron chi connectivity index (χ4n) is 2.86. The SMILES string of the molecule is O=C(CSc1nc(-c2ccccc2)cc(-c2ccccc2)n1)Nc1ccc(Cl)cc1. The summed E-state index contributed by atoms with van der Waals surface area (Å²) < 4.78 is 0. The Bertz CT molecular complexity index is 1080. The van der Waals surface area contributed by atoms with E-state index in [-0.39, 0.29) is 11.7 Å². The van der Waals surface area contributed by atoms with Crippen LogP contribution in [0.4, 0.5) is 5.69 Å². The first-order valence-electron chi connectivity index (χ1n) is 9.35. The van der Waals surface area contributed by atoms with E-state index in [1.54, 1.807) is 24.3 Å². The third-order valence-electron chi connectivity index (χ3n) is 4.31. The summed E-state index contributed by atoms with van der Waals surface area (Å²) in [4.78, 5) is 21.7. The molecule has 3 aromatic carbocycles. The molecule has 4 nitrogen and oxygen atoms in total. The van der Waals surface area contributed by atoms with Crippen LogP contribution < -0.4 is 5.32 Å². The lowest BCUT2D eigenvalue weighted by molar-refractivity contribution is -0.113. The highest BCUT2D eigenvalue weighted by atomic mass is 35.5. The zero-order valence-corrected chi connectivity index (χ0v) is 17.5. The van der Waals surface area contributed by atoms with Crippen molar-refractivity contribution in [1.82, 2.24) is 9.97 Å². The number of carbonyl (C=O) groups is 1. The first-order chi connectivity index (χ1) is 14.7. The van der Waals surface area contributed by atoms with E-state index in [0.29, 0.717) is 15.9 Å². The van der Waals surface area contributed by atoms with Crippen molar-refractivity contribution in [3.05, 3.63) is 96.0 Å². The molecule has 0 unspecified atom stereocenters. The lowest BCUT2D eigenvalue weighted by Crippen LogP contribution is -2.14. The summed E-state index contributed by atoms with van der Waals surface area (Å²) in [7, 11) is 0. The van der Waals surface area contributed by atoms with Gasteiger partial charge in [-0.2, -0.15) is 0 Å². The number of nitrogens with zero attached hydrogens (tertiary/aromatic N) is 2. The fourth-order valence-corrected chi connectivity index (χ4v) is 3.65. The number of halogens is 1. The van der Waals surface area contributed by atoms with Crippen LogP contribution in [0, 0.1) is 0 Å². The Labute approximate surface area is 184 Å². The molecule has 1 heterocycles. The van der Waals surface area contributed by atoms with E-state index < -0.39 is 0 Å². The zero-order chi connectivity index (χ0) is 20.8. The molecule has 0 atom stereocenters. The normalized spacial score (nSPS) is 10.6. The maximum atomic E-state index is 12.4. The highest BCUT2D eigenvalue weighted by molar-refractivity contribution is 7.99. The summed E-state index contributed by atoms with van der Waals surface area (Å²) >= 11 is 7.19. The van der Waals surface area contributed by atoms with Crippen molar-refractivity contribution in [3.63, 3.8) is 0 Å². The minimum Gasteiger partial charge on any atom is -0.325 e. The molecule has 0 fully saturated rings. The van der Waals surface area contributed by atoms with Crippen molar-refractivity contribution in [2.45, 2.75) is 5.16 Å². The van der Waals surface area contributed by atoms with E-state index in [1.165, 1.54) is 11.8 Å². The Balaban J connectivity index is 1.56. The zero-order valence-electron chi connectivity index (χ0n) is 16.0. The monoisotopic (exact) mass is 431 g/mol. The minimum absolute atomic E-state index is 0.128. The van der Waals surface area contributed by atoms with E-state index in [2.05, 4.69) is 15.3 Å². The van der Waals surface area contributed by atoms with Gasteiger partial charge in [-0.25, -0.2) is 9.97 Å². The predicted molar refractivity (Wildman–Crippen MR) is 124 cm³/mol. The summed E-state index contributed by atoms with van der Waals surface area (Å²) in [6.07, 6.45) is 0. The van der Waals surface area contributed by atoms with Crippen molar-refractivity contribution >= 4 is 35.0 Å². The van der Waals surface area contributed by atoms with Gasteiger partial charge in [-0.15, -0.1) is 0 Å². The number of carbonyl (C=O) groups excluding carboxylic acids is 1. The second kappa shape index (κ2) is 9.57. The molecule has 0 aliphatic carbocycles. The largest absolute Gasteiger partial charge is 0.325 e. The van der Waals surface area contributed by atoms with Crippen molar-refractivity contribution < 1.29 is 4.79 Å². The van der Waals surface area contributed by atoms with Crippen molar-refractivity contribution in [2.75, 3.05) is 11.1 Å². The van der Waals surface area contributed by atoms with Crippen LogP contribution in [0.15, 0.2) is 96.2 Å². The molecule has 0 aliphatic heterocycles. The second-order valence-corrected chi connectivity index (χ2v) is 7.88. The van der Waals surface area contributed by atoms with Gasteiger partial charge in [0, 0.05) is 21.8 Å². The number of rotatable bonds is 6. The first-order valence-corrected chi connectivity index (χ1v) is 10.7. The molecule has 1 aromatic heterocycles. The van der Waals surface area contributed by atoms with E-state index in [0.717, 1.165) is 22.5 Å². The van der Waals surface area contributed by atoms with E-state index >= 15 is 0 Å². The van der Waals surface area contributed by atoms with Crippen LogP contribution in [0.5, 0.6) is 0 Å². The highest BCUT2D eigenvalue weighted by Gasteiger charge is 2.11. The van der Waals surface area contributed by atoms with Crippen LogP contribution in [0.3, 0.4) is 0 Å². The number of amides is 1. The van der Waals surface area contributed by atoms with Crippen LogP contribution in [-0.2, 0) is 4.79 Å². The summed E-state index contributed by atoms with van der Waals surface area (Å²) in [6, 6.07) is 28.9. The molecular formula is C24H18ClN3OS. The Morgan fingerprint density at radius 2 is 1.33 bits per heavy atom. The van der Waals surface area contributed by atoms with Gasteiger partial charge in [-0.1, -0.05) is 84.0 Å². The molecule has 0 aliphatic rings. The molecular weight excluding hydrogens is 414 g/mol. The maximum Gasteiger partial charge on any atom is 0.234 e. The molecule has 0 saturated heterocycles. The Hall–Kier alpha value is -3.15. The average molecular weight is 432 g/mol. The highest BCUT2D eigenvalue weighted by Crippen LogP contribution is 2.27. The van der Waals surface area contributed by atoms with Gasteiger partial charge < -0.3 is 5.32 Å². The number of aromatic nitrogens is 2. The molecule has 4 aromatic rings. The minimum atomic E-state index is -0.128. The second-order valence-electron chi connectivity index (χ2n) is 6.50. The summed E-state index contributed by atoms with van der Waals surface area (Å²) in [5.41, 5.74) is 4.36. The third-order valence-corrected chi connectivity index (χ3v) is 5.40. The summed E-state index contributed by atoms with van der Waals surface area (Å²) in [5, 5.41) is 4.04.